The largest absolute Gasteiger partial charge is 0.497 e. The van der Waals surface area contributed by atoms with Crippen molar-refractivity contribution < 1.29 is 9.53 Å². The van der Waals surface area contributed by atoms with Crippen molar-refractivity contribution >= 4 is 16.9 Å². The number of likely N-dealkylation sites (tertiary alicyclic amines) is 1. The summed E-state index contributed by atoms with van der Waals surface area (Å²) in [5, 5.41) is 5.63. The average molecular weight is 378 g/mol. The van der Waals surface area contributed by atoms with E-state index in [2.05, 4.69) is 17.0 Å². The van der Waals surface area contributed by atoms with Crippen LogP contribution in [-0.2, 0) is 11.3 Å². The third kappa shape index (κ3) is 3.46. The Labute approximate surface area is 165 Å². The van der Waals surface area contributed by atoms with Crippen LogP contribution in [0.3, 0.4) is 0 Å². The Morgan fingerprint density at radius 3 is 2.57 bits per heavy atom. The van der Waals surface area contributed by atoms with E-state index >= 15 is 0 Å². The van der Waals surface area contributed by atoms with Gasteiger partial charge in [-0.15, -0.1) is 0 Å². The number of aryl methyl sites for hydroxylation is 1. The van der Waals surface area contributed by atoms with Crippen molar-refractivity contribution in [3.05, 3.63) is 42.2 Å². The number of amides is 1. The number of carbonyl (C=O) groups is 1. The van der Waals surface area contributed by atoms with E-state index in [-0.39, 0.29) is 12.5 Å². The Kier molecular flexibility index (Phi) is 5.03. The number of hydrogen-bond acceptors (Lipinski definition) is 4. The average Bonchev–Trinajstić information content (AvgIpc) is 3.04. The number of piperidine rings is 1. The number of fused-ring (bicyclic) bond motifs is 1. The van der Waals surface area contributed by atoms with E-state index in [1.807, 2.05) is 42.2 Å². The highest BCUT2D eigenvalue weighted by molar-refractivity contribution is 5.95. The SMILES string of the molecule is COc1ccc(-c2ccnc3c2c(C)nn3CC(=O)N2CCC(C)CC2)cc1. The maximum atomic E-state index is 12.8. The minimum Gasteiger partial charge on any atom is -0.497 e. The summed E-state index contributed by atoms with van der Waals surface area (Å²) in [6.45, 7) is 6.13. The van der Waals surface area contributed by atoms with Gasteiger partial charge in [0.25, 0.3) is 0 Å². The van der Waals surface area contributed by atoms with Crippen molar-refractivity contribution in [2.75, 3.05) is 20.2 Å². The van der Waals surface area contributed by atoms with Gasteiger partial charge in [-0.2, -0.15) is 5.10 Å². The van der Waals surface area contributed by atoms with E-state index in [4.69, 9.17) is 4.74 Å². The highest BCUT2D eigenvalue weighted by Gasteiger charge is 2.22. The van der Waals surface area contributed by atoms with Gasteiger partial charge in [0.15, 0.2) is 5.65 Å². The number of rotatable bonds is 4. The van der Waals surface area contributed by atoms with Gasteiger partial charge < -0.3 is 9.64 Å². The second-order valence-electron chi connectivity index (χ2n) is 7.59. The number of nitrogens with zero attached hydrogens (tertiary/aromatic N) is 4. The monoisotopic (exact) mass is 378 g/mol. The highest BCUT2D eigenvalue weighted by atomic mass is 16.5. The summed E-state index contributed by atoms with van der Waals surface area (Å²) < 4.78 is 7.01. The fourth-order valence-corrected chi connectivity index (χ4v) is 3.89. The summed E-state index contributed by atoms with van der Waals surface area (Å²) >= 11 is 0. The summed E-state index contributed by atoms with van der Waals surface area (Å²) in [5.41, 5.74) is 3.78. The number of ether oxygens (including phenoxy) is 1. The number of benzene rings is 1. The van der Waals surface area contributed by atoms with Crippen molar-refractivity contribution in [1.82, 2.24) is 19.7 Å². The van der Waals surface area contributed by atoms with Gasteiger partial charge in [-0.3, -0.25) is 4.79 Å². The summed E-state index contributed by atoms with van der Waals surface area (Å²) in [5.74, 6) is 1.64. The molecule has 4 rings (SSSR count). The Bertz CT molecular complexity index is 986. The standard InChI is InChI=1S/C22H26N4O2/c1-15-9-12-25(13-10-15)20(27)14-26-22-21(16(2)24-26)19(8-11-23-22)17-4-6-18(28-3)7-5-17/h4-8,11,15H,9-10,12-14H2,1-3H3. The molecule has 3 aromatic rings. The molecule has 1 aromatic carbocycles. The lowest BCUT2D eigenvalue weighted by molar-refractivity contribution is -0.133. The van der Waals surface area contributed by atoms with Crippen LogP contribution in [0.15, 0.2) is 36.5 Å². The normalized spacial score (nSPS) is 15.2. The maximum Gasteiger partial charge on any atom is 0.244 e. The van der Waals surface area contributed by atoms with Crippen molar-refractivity contribution in [2.45, 2.75) is 33.2 Å². The topological polar surface area (TPSA) is 60.3 Å². The molecule has 1 amide bonds. The summed E-state index contributed by atoms with van der Waals surface area (Å²) in [4.78, 5) is 19.3. The first-order valence-electron chi connectivity index (χ1n) is 9.81. The van der Waals surface area contributed by atoms with Gasteiger partial charge in [0.05, 0.1) is 12.8 Å². The van der Waals surface area contributed by atoms with E-state index in [0.717, 1.165) is 59.5 Å². The lowest BCUT2D eigenvalue weighted by Crippen LogP contribution is -2.39. The second kappa shape index (κ2) is 7.62. The lowest BCUT2D eigenvalue weighted by Gasteiger charge is -2.30. The van der Waals surface area contributed by atoms with E-state index in [1.165, 1.54) is 0 Å². The molecule has 0 N–H and O–H groups in total. The summed E-state index contributed by atoms with van der Waals surface area (Å²) in [6.07, 6.45) is 3.93. The molecule has 1 aliphatic rings. The molecule has 2 aromatic heterocycles. The molecule has 0 atom stereocenters. The minimum atomic E-state index is 0.118. The summed E-state index contributed by atoms with van der Waals surface area (Å²) in [6, 6.07) is 9.95. The zero-order chi connectivity index (χ0) is 19.7. The molecule has 1 saturated heterocycles. The molecule has 6 nitrogen and oxygen atoms in total. The third-order valence-electron chi connectivity index (χ3n) is 5.63. The Morgan fingerprint density at radius 1 is 1.18 bits per heavy atom. The molecule has 0 spiro atoms. The van der Waals surface area contributed by atoms with Crippen LogP contribution in [0.4, 0.5) is 0 Å². The Balaban J connectivity index is 1.65. The smallest absolute Gasteiger partial charge is 0.244 e. The van der Waals surface area contributed by atoms with Gasteiger partial charge in [0.2, 0.25) is 5.91 Å². The van der Waals surface area contributed by atoms with Gasteiger partial charge >= 0.3 is 0 Å². The first-order chi connectivity index (χ1) is 13.6. The number of hydrogen-bond donors (Lipinski definition) is 0. The third-order valence-corrected chi connectivity index (χ3v) is 5.63. The number of methoxy groups -OCH3 is 1. The van der Waals surface area contributed by atoms with Crippen molar-refractivity contribution in [2.24, 2.45) is 5.92 Å². The Hall–Kier alpha value is -2.89. The fraction of sp³-hybridized carbons (Fsp3) is 0.409. The lowest BCUT2D eigenvalue weighted by atomic mass is 9.99. The van der Waals surface area contributed by atoms with Crippen molar-refractivity contribution in [1.29, 1.82) is 0 Å². The van der Waals surface area contributed by atoms with Crippen LogP contribution in [0.5, 0.6) is 5.75 Å². The van der Waals surface area contributed by atoms with Crippen LogP contribution < -0.4 is 4.74 Å². The van der Waals surface area contributed by atoms with Gasteiger partial charge in [-0.05, 0) is 55.0 Å². The van der Waals surface area contributed by atoms with Crippen LogP contribution in [0.1, 0.15) is 25.5 Å². The number of aromatic nitrogens is 3. The molecule has 146 valence electrons. The van der Waals surface area contributed by atoms with E-state index in [1.54, 1.807) is 18.0 Å². The number of carbonyl (C=O) groups excluding carboxylic acids is 1. The van der Waals surface area contributed by atoms with Crippen molar-refractivity contribution in [3.63, 3.8) is 0 Å². The highest BCUT2D eigenvalue weighted by Crippen LogP contribution is 2.31. The summed E-state index contributed by atoms with van der Waals surface area (Å²) in [7, 11) is 1.66. The molecular formula is C22H26N4O2. The van der Waals surface area contributed by atoms with Crippen LogP contribution in [0, 0.1) is 12.8 Å². The number of pyridine rings is 1. The molecule has 1 fully saturated rings. The van der Waals surface area contributed by atoms with E-state index < -0.39 is 0 Å². The van der Waals surface area contributed by atoms with Crippen LogP contribution in [-0.4, -0.2) is 45.8 Å². The van der Waals surface area contributed by atoms with Crippen LogP contribution in [0.2, 0.25) is 0 Å². The Morgan fingerprint density at radius 2 is 1.89 bits per heavy atom. The molecule has 28 heavy (non-hydrogen) atoms. The molecule has 0 saturated carbocycles. The molecule has 0 bridgehead atoms. The van der Waals surface area contributed by atoms with Gasteiger partial charge in [0, 0.05) is 24.7 Å². The zero-order valence-corrected chi connectivity index (χ0v) is 16.7. The zero-order valence-electron chi connectivity index (χ0n) is 16.7. The van der Waals surface area contributed by atoms with Gasteiger partial charge in [-0.25, -0.2) is 9.67 Å². The van der Waals surface area contributed by atoms with E-state index in [9.17, 15) is 4.79 Å². The predicted octanol–water partition coefficient (Wildman–Crippen LogP) is 3.67. The molecular weight excluding hydrogens is 352 g/mol. The quantitative estimate of drug-likeness (QED) is 0.695. The maximum absolute atomic E-state index is 12.8. The molecule has 1 aliphatic heterocycles. The molecule has 0 unspecified atom stereocenters. The molecule has 0 radical (unpaired) electrons. The first kappa shape index (κ1) is 18.5. The molecule has 3 heterocycles. The minimum absolute atomic E-state index is 0.118. The predicted molar refractivity (Wildman–Crippen MR) is 109 cm³/mol. The fourth-order valence-electron chi connectivity index (χ4n) is 3.89. The van der Waals surface area contributed by atoms with Crippen LogP contribution >= 0.6 is 0 Å². The first-order valence-corrected chi connectivity index (χ1v) is 9.81. The second-order valence-corrected chi connectivity index (χ2v) is 7.59. The molecule has 6 heteroatoms. The van der Waals surface area contributed by atoms with Crippen molar-refractivity contribution in [3.8, 4) is 16.9 Å². The van der Waals surface area contributed by atoms with Gasteiger partial charge in [0.1, 0.15) is 12.3 Å². The van der Waals surface area contributed by atoms with E-state index in [0.29, 0.717) is 5.92 Å². The van der Waals surface area contributed by atoms with Crippen LogP contribution in [0.25, 0.3) is 22.2 Å². The van der Waals surface area contributed by atoms with Gasteiger partial charge in [-0.1, -0.05) is 19.1 Å². The molecule has 0 aliphatic carbocycles.